The van der Waals surface area contributed by atoms with Crippen LogP contribution in [-0.2, 0) is 21.3 Å². The molecule has 1 aliphatic heterocycles. The number of morpholine rings is 1. The second kappa shape index (κ2) is 5.93. The first kappa shape index (κ1) is 14.4. The third kappa shape index (κ3) is 3.48. The smallest absolute Gasteiger partial charge is 0.256 e. The number of nitrogens with one attached hydrogen (secondary N) is 1. The second-order valence-corrected chi connectivity index (χ2v) is 5.79. The van der Waals surface area contributed by atoms with E-state index in [1.54, 1.807) is 0 Å². The van der Waals surface area contributed by atoms with Crippen LogP contribution in [0, 0.1) is 5.82 Å². The summed E-state index contributed by atoms with van der Waals surface area (Å²) in [6.45, 7) is 1.91. The van der Waals surface area contributed by atoms with Crippen molar-refractivity contribution in [1.29, 1.82) is 0 Å². The molecule has 0 atom stereocenters. The van der Waals surface area contributed by atoms with Crippen molar-refractivity contribution in [1.82, 2.24) is 9.84 Å². The van der Waals surface area contributed by atoms with Crippen LogP contribution < -0.4 is 10.6 Å². The SMILES string of the molecule is NCc1ccc(S(=O)(=O)NN2CCOCC2)c(F)c1. The fourth-order valence-corrected chi connectivity index (χ4v) is 2.95. The van der Waals surface area contributed by atoms with Crippen molar-refractivity contribution in [3.63, 3.8) is 0 Å². The van der Waals surface area contributed by atoms with E-state index in [0.717, 1.165) is 6.07 Å². The van der Waals surface area contributed by atoms with Gasteiger partial charge < -0.3 is 10.5 Å². The van der Waals surface area contributed by atoms with Crippen molar-refractivity contribution >= 4 is 10.0 Å². The number of halogens is 1. The molecule has 6 nitrogen and oxygen atoms in total. The molecule has 0 aromatic heterocycles. The minimum Gasteiger partial charge on any atom is -0.379 e. The Morgan fingerprint density at radius 2 is 2.05 bits per heavy atom. The molecule has 1 fully saturated rings. The molecule has 0 amide bonds. The van der Waals surface area contributed by atoms with Gasteiger partial charge in [0.2, 0.25) is 0 Å². The summed E-state index contributed by atoms with van der Waals surface area (Å²) in [7, 11) is -3.91. The van der Waals surface area contributed by atoms with Gasteiger partial charge in [0.15, 0.2) is 0 Å². The van der Waals surface area contributed by atoms with Crippen molar-refractivity contribution in [3.05, 3.63) is 29.6 Å². The molecule has 1 saturated heterocycles. The minimum absolute atomic E-state index is 0.161. The summed E-state index contributed by atoms with van der Waals surface area (Å²) in [5.41, 5.74) is 5.92. The van der Waals surface area contributed by atoms with Gasteiger partial charge >= 0.3 is 0 Å². The molecule has 1 aliphatic rings. The third-order valence-corrected chi connectivity index (χ3v) is 4.19. The molecule has 0 saturated carbocycles. The molecule has 2 rings (SSSR count). The number of nitrogens with two attached hydrogens (primary N) is 1. The summed E-state index contributed by atoms with van der Waals surface area (Å²) in [6.07, 6.45) is 0. The molecule has 0 aliphatic carbocycles. The van der Waals surface area contributed by atoms with Crippen LogP contribution >= 0.6 is 0 Å². The van der Waals surface area contributed by atoms with Crippen LogP contribution in [0.3, 0.4) is 0 Å². The van der Waals surface area contributed by atoms with E-state index in [0.29, 0.717) is 31.9 Å². The fraction of sp³-hybridized carbons (Fsp3) is 0.455. The number of sulfonamides is 1. The highest BCUT2D eigenvalue weighted by Gasteiger charge is 2.23. The lowest BCUT2D eigenvalue weighted by Gasteiger charge is -2.26. The molecule has 0 unspecified atom stereocenters. The highest BCUT2D eigenvalue weighted by atomic mass is 32.2. The normalized spacial score (nSPS) is 17.6. The van der Waals surface area contributed by atoms with Crippen LogP contribution in [0.25, 0.3) is 0 Å². The first-order valence-corrected chi connectivity index (χ1v) is 7.35. The van der Waals surface area contributed by atoms with Crippen LogP contribution in [0.4, 0.5) is 4.39 Å². The van der Waals surface area contributed by atoms with E-state index in [1.807, 2.05) is 0 Å². The van der Waals surface area contributed by atoms with Crippen LogP contribution in [0.15, 0.2) is 23.1 Å². The van der Waals surface area contributed by atoms with E-state index in [1.165, 1.54) is 17.1 Å². The number of rotatable bonds is 4. The van der Waals surface area contributed by atoms with Gasteiger partial charge in [0.25, 0.3) is 10.0 Å². The topological polar surface area (TPSA) is 84.7 Å². The molecule has 8 heteroatoms. The van der Waals surface area contributed by atoms with E-state index < -0.39 is 15.8 Å². The molecule has 0 bridgehead atoms. The Morgan fingerprint density at radius 1 is 1.37 bits per heavy atom. The predicted octanol–water partition coefficient (Wildman–Crippen LogP) is -0.190. The molecule has 19 heavy (non-hydrogen) atoms. The maximum atomic E-state index is 13.8. The van der Waals surface area contributed by atoms with E-state index in [4.69, 9.17) is 10.5 Å². The number of hydrazine groups is 1. The zero-order valence-electron chi connectivity index (χ0n) is 10.3. The second-order valence-electron chi connectivity index (χ2n) is 4.16. The summed E-state index contributed by atoms with van der Waals surface area (Å²) in [5.74, 6) is -0.802. The van der Waals surface area contributed by atoms with Gasteiger partial charge in [-0.25, -0.2) is 17.8 Å². The summed E-state index contributed by atoms with van der Waals surface area (Å²) in [5, 5.41) is 1.50. The van der Waals surface area contributed by atoms with Crippen LogP contribution in [0.2, 0.25) is 0 Å². The summed E-state index contributed by atoms with van der Waals surface area (Å²) in [4.78, 5) is 1.97. The van der Waals surface area contributed by atoms with E-state index in [-0.39, 0.29) is 11.4 Å². The first-order valence-electron chi connectivity index (χ1n) is 5.86. The molecule has 0 radical (unpaired) electrons. The van der Waals surface area contributed by atoms with Crippen LogP contribution in [0.1, 0.15) is 5.56 Å². The van der Waals surface area contributed by atoms with E-state index in [9.17, 15) is 12.8 Å². The van der Waals surface area contributed by atoms with Gasteiger partial charge in [-0.1, -0.05) is 6.07 Å². The van der Waals surface area contributed by atoms with Crippen molar-refractivity contribution in [3.8, 4) is 0 Å². The van der Waals surface area contributed by atoms with Gasteiger partial charge in [0, 0.05) is 19.6 Å². The summed E-state index contributed by atoms with van der Waals surface area (Å²) >= 11 is 0. The molecule has 0 spiro atoms. The Bertz CT molecular complexity index is 544. The van der Waals surface area contributed by atoms with Gasteiger partial charge in [-0.3, -0.25) is 0 Å². The highest BCUT2D eigenvalue weighted by Crippen LogP contribution is 2.16. The van der Waals surface area contributed by atoms with Gasteiger partial charge in [0.05, 0.1) is 13.2 Å². The first-order chi connectivity index (χ1) is 9.03. The number of hydrogen-bond acceptors (Lipinski definition) is 5. The molecule has 1 aromatic rings. The average molecular weight is 289 g/mol. The van der Waals surface area contributed by atoms with Gasteiger partial charge in [-0.05, 0) is 17.7 Å². The molecular weight excluding hydrogens is 273 g/mol. The Balaban J connectivity index is 2.18. The molecule has 3 N–H and O–H groups in total. The van der Waals surface area contributed by atoms with Gasteiger partial charge in [0.1, 0.15) is 10.7 Å². The third-order valence-electron chi connectivity index (χ3n) is 2.78. The Hall–Kier alpha value is -1.06. The van der Waals surface area contributed by atoms with Crippen LogP contribution in [0.5, 0.6) is 0 Å². The molecule has 106 valence electrons. The lowest BCUT2D eigenvalue weighted by atomic mass is 10.2. The monoisotopic (exact) mass is 289 g/mol. The number of nitrogens with zero attached hydrogens (tertiary/aromatic N) is 1. The summed E-state index contributed by atoms with van der Waals surface area (Å²) in [6, 6.07) is 3.85. The van der Waals surface area contributed by atoms with E-state index >= 15 is 0 Å². The van der Waals surface area contributed by atoms with Crippen molar-refractivity contribution in [2.75, 3.05) is 26.3 Å². The zero-order chi connectivity index (χ0) is 13.9. The molecular formula is C11H16FN3O3S. The van der Waals surface area contributed by atoms with Crippen molar-refractivity contribution in [2.45, 2.75) is 11.4 Å². The molecule has 1 heterocycles. The lowest BCUT2D eigenvalue weighted by molar-refractivity contribution is 0.0272. The van der Waals surface area contributed by atoms with Crippen molar-refractivity contribution < 1.29 is 17.5 Å². The predicted molar refractivity (Wildman–Crippen MR) is 67.0 cm³/mol. The Labute approximate surface area is 111 Å². The zero-order valence-corrected chi connectivity index (χ0v) is 11.1. The van der Waals surface area contributed by atoms with Gasteiger partial charge in [-0.2, -0.15) is 0 Å². The maximum Gasteiger partial charge on any atom is 0.256 e. The maximum absolute atomic E-state index is 13.8. The lowest BCUT2D eigenvalue weighted by Crippen LogP contribution is -2.48. The Morgan fingerprint density at radius 3 is 2.63 bits per heavy atom. The quantitative estimate of drug-likeness (QED) is 0.802. The number of ether oxygens (including phenoxy) is 1. The number of hydrogen-bond donors (Lipinski definition) is 2. The average Bonchev–Trinajstić information content (AvgIpc) is 2.38. The van der Waals surface area contributed by atoms with Gasteiger partial charge in [-0.15, -0.1) is 4.83 Å². The van der Waals surface area contributed by atoms with Crippen LogP contribution in [-0.4, -0.2) is 39.7 Å². The number of benzene rings is 1. The largest absolute Gasteiger partial charge is 0.379 e. The van der Waals surface area contributed by atoms with Crippen molar-refractivity contribution in [2.24, 2.45) is 5.73 Å². The molecule has 1 aromatic carbocycles. The summed E-state index contributed by atoms with van der Waals surface area (Å²) < 4.78 is 43.0. The Kier molecular flexibility index (Phi) is 4.48. The van der Waals surface area contributed by atoms with E-state index in [2.05, 4.69) is 4.83 Å². The minimum atomic E-state index is -3.91. The highest BCUT2D eigenvalue weighted by molar-refractivity contribution is 7.89. The standard InChI is InChI=1S/C11H16FN3O3S/c12-10-7-9(8-13)1-2-11(10)19(16,17)14-15-3-5-18-6-4-15/h1-2,7,14H,3-6,8,13H2. The fourth-order valence-electron chi connectivity index (χ4n) is 1.76.